The molecular weight excluding hydrogens is 164 g/mol. The molecule has 0 bridgehead atoms. The highest BCUT2D eigenvalue weighted by molar-refractivity contribution is 7.77. The minimum atomic E-state index is -1.97. The second-order valence-electron chi connectivity index (χ2n) is 1.82. The van der Waals surface area contributed by atoms with E-state index in [0.717, 1.165) is 12.8 Å². The summed E-state index contributed by atoms with van der Waals surface area (Å²) in [5, 5.41) is 8.13. The lowest BCUT2D eigenvalue weighted by Crippen LogP contribution is -2.06. The van der Waals surface area contributed by atoms with Crippen LogP contribution in [0.5, 0.6) is 0 Å². The summed E-state index contributed by atoms with van der Waals surface area (Å²) in [4.78, 5) is 0. The summed E-state index contributed by atoms with van der Waals surface area (Å²) in [6.07, 6.45) is 5.18. The molecule has 0 aliphatic carbocycles. The van der Waals surface area contributed by atoms with Gasteiger partial charge in [-0.3, -0.25) is 9.27 Å². The molecule has 11 heavy (non-hydrogen) atoms. The van der Waals surface area contributed by atoms with Crippen molar-refractivity contribution in [3.63, 3.8) is 0 Å². The molecule has 0 aromatic rings. The molecule has 0 spiro atoms. The van der Waals surface area contributed by atoms with Crippen LogP contribution in [-0.4, -0.2) is 8.76 Å². The number of nitrogens with one attached hydrogen (secondary N) is 1. The maximum Gasteiger partial charge on any atom is 0.258 e. The SMILES string of the molecule is N#CCCCC=CNS(=O)O. The highest BCUT2D eigenvalue weighted by Crippen LogP contribution is 1.93. The van der Waals surface area contributed by atoms with Crippen LogP contribution in [0.3, 0.4) is 0 Å². The number of nitrogens with zero attached hydrogens (tertiary/aromatic N) is 1. The molecule has 5 heteroatoms. The van der Waals surface area contributed by atoms with E-state index >= 15 is 0 Å². The van der Waals surface area contributed by atoms with E-state index in [9.17, 15) is 4.21 Å². The standard InChI is InChI=1S/C6H10N2O2S/c7-5-3-1-2-4-6-8-11(9)10/h4,6,8H,1-3H2,(H,9,10). The van der Waals surface area contributed by atoms with Crippen molar-refractivity contribution in [3.8, 4) is 6.07 Å². The first-order valence-electron chi connectivity index (χ1n) is 3.16. The topological polar surface area (TPSA) is 73.1 Å². The zero-order valence-electron chi connectivity index (χ0n) is 5.99. The molecule has 4 nitrogen and oxygen atoms in total. The Morgan fingerprint density at radius 1 is 1.73 bits per heavy atom. The quantitative estimate of drug-likeness (QED) is 0.481. The second-order valence-corrected chi connectivity index (χ2v) is 2.55. The predicted molar refractivity (Wildman–Crippen MR) is 42.5 cm³/mol. The third kappa shape index (κ3) is 9.14. The maximum absolute atomic E-state index is 9.98. The minimum absolute atomic E-state index is 0.520. The van der Waals surface area contributed by atoms with Gasteiger partial charge in [-0.25, -0.2) is 4.21 Å². The van der Waals surface area contributed by atoms with Crippen molar-refractivity contribution >= 4 is 11.3 Å². The third-order valence-corrected chi connectivity index (χ3v) is 1.28. The average Bonchev–Trinajstić information content (AvgIpc) is 1.96. The summed E-state index contributed by atoms with van der Waals surface area (Å²) in [5.74, 6) is 0. The normalized spacial score (nSPS) is 12.7. The zero-order valence-corrected chi connectivity index (χ0v) is 6.80. The van der Waals surface area contributed by atoms with Gasteiger partial charge in [-0.15, -0.1) is 0 Å². The van der Waals surface area contributed by atoms with Crippen molar-refractivity contribution in [2.75, 3.05) is 0 Å². The Morgan fingerprint density at radius 2 is 2.45 bits per heavy atom. The first-order valence-corrected chi connectivity index (χ1v) is 4.27. The van der Waals surface area contributed by atoms with E-state index in [1.165, 1.54) is 6.20 Å². The molecule has 1 atom stereocenters. The molecule has 0 fully saturated rings. The predicted octanol–water partition coefficient (Wildman–Crippen LogP) is 0.920. The van der Waals surface area contributed by atoms with Crippen LogP contribution >= 0.6 is 0 Å². The molecule has 0 aromatic heterocycles. The number of unbranched alkanes of at least 4 members (excludes halogenated alkanes) is 2. The number of nitriles is 1. The Kier molecular flexibility index (Phi) is 6.68. The molecule has 0 saturated carbocycles. The van der Waals surface area contributed by atoms with Crippen molar-refractivity contribution in [1.29, 1.82) is 5.26 Å². The summed E-state index contributed by atoms with van der Waals surface area (Å²) in [7, 11) is 0. The maximum atomic E-state index is 9.98. The number of hydrogen-bond donors (Lipinski definition) is 2. The van der Waals surface area contributed by atoms with Crippen molar-refractivity contribution in [2.24, 2.45) is 0 Å². The van der Waals surface area contributed by atoms with Crippen LogP contribution in [0.2, 0.25) is 0 Å². The Balaban J connectivity index is 3.18. The molecule has 0 aromatic carbocycles. The van der Waals surface area contributed by atoms with Gasteiger partial charge in [0.2, 0.25) is 0 Å². The molecule has 0 amide bonds. The van der Waals surface area contributed by atoms with E-state index in [-0.39, 0.29) is 0 Å². The first kappa shape index (κ1) is 10.1. The van der Waals surface area contributed by atoms with E-state index in [4.69, 9.17) is 9.81 Å². The lowest BCUT2D eigenvalue weighted by molar-refractivity contribution is 0.558. The van der Waals surface area contributed by atoms with Crippen LogP contribution in [0.1, 0.15) is 19.3 Å². The number of rotatable bonds is 5. The van der Waals surface area contributed by atoms with Crippen LogP contribution in [0.25, 0.3) is 0 Å². The summed E-state index contributed by atoms with van der Waals surface area (Å²) in [6, 6.07) is 2.00. The van der Waals surface area contributed by atoms with Crippen LogP contribution in [0.4, 0.5) is 0 Å². The molecule has 62 valence electrons. The minimum Gasteiger partial charge on any atom is -0.290 e. The van der Waals surface area contributed by atoms with Crippen LogP contribution < -0.4 is 4.72 Å². The van der Waals surface area contributed by atoms with Crippen molar-refractivity contribution < 1.29 is 8.76 Å². The van der Waals surface area contributed by atoms with Gasteiger partial charge in [-0.2, -0.15) is 5.26 Å². The van der Waals surface area contributed by atoms with E-state index < -0.39 is 11.3 Å². The van der Waals surface area contributed by atoms with Crippen LogP contribution in [0, 0.1) is 11.3 Å². The fourth-order valence-corrected chi connectivity index (χ4v) is 0.701. The Hall–Kier alpha value is -0.860. The van der Waals surface area contributed by atoms with Gasteiger partial charge in [0.25, 0.3) is 11.3 Å². The molecule has 0 rings (SSSR count). The van der Waals surface area contributed by atoms with Crippen molar-refractivity contribution in [3.05, 3.63) is 12.3 Å². The third-order valence-electron chi connectivity index (χ3n) is 0.946. The Morgan fingerprint density at radius 3 is 3.00 bits per heavy atom. The van der Waals surface area contributed by atoms with E-state index in [1.807, 2.05) is 6.07 Å². The number of hydrogen-bond acceptors (Lipinski definition) is 2. The van der Waals surface area contributed by atoms with Gasteiger partial charge in [-0.05, 0) is 12.8 Å². The summed E-state index contributed by atoms with van der Waals surface area (Å²) >= 11 is -1.97. The highest BCUT2D eigenvalue weighted by Gasteiger charge is 1.83. The largest absolute Gasteiger partial charge is 0.290 e. The first-order chi connectivity index (χ1) is 5.27. The smallest absolute Gasteiger partial charge is 0.258 e. The monoisotopic (exact) mass is 174 g/mol. The molecular formula is C6H10N2O2S. The summed E-state index contributed by atoms with van der Waals surface area (Å²) in [6.45, 7) is 0. The highest BCUT2D eigenvalue weighted by atomic mass is 32.2. The van der Waals surface area contributed by atoms with E-state index in [1.54, 1.807) is 6.08 Å². The molecule has 0 saturated heterocycles. The average molecular weight is 174 g/mol. The van der Waals surface area contributed by atoms with Crippen molar-refractivity contribution in [2.45, 2.75) is 19.3 Å². The number of allylic oxidation sites excluding steroid dienone is 1. The molecule has 0 radical (unpaired) electrons. The fraction of sp³-hybridized carbons (Fsp3) is 0.500. The van der Waals surface area contributed by atoms with Crippen LogP contribution in [-0.2, 0) is 11.3 Å². The van der Waals surface area contributed by atoms with Gasteiger partial charge in [0.05, 0.1) is 6.07 Å². The molecule has 0 heterocycles. The van der Waals surface area contributed by atoms with Gasteiger partial charge >= 0.3 is 0 Å². The Labute approximate surface area is 68.3 Å². The lowest BCUT2D eigenvalue weighted by atomic mass is 10.2. The molecule has 2 N–H and O–H groups in total. The molecule has 0 aliphatic heterocycles. The van der Waals surface area contributed by atoms with Crippen LogP contribution in [0.15, 0.2) is 12.3 Å². The van der Waals surface area contributed by atoms with E-state index in [0.29, 0.717) is 6.42 Å². The Bertz CT molecular complexity index is 186. The van der Waals surface area contributed by atoms with Gasteiger partial charge in [-0.1, -0.05) is 6.08 Å². The van der Waals surface area contributed by atoms with Gasteiger partial charge in [0.15, 0.2) is 0 Å². The van der Waals surface area contributed by atoms with Gasteiger partial charge < -0.3 is 0 Å². The molecule has 1 unspecified atom stereocenters. The van der Waals surface area contributed by atoms with Gasteiger partial charge in [0, 0.05) is 12.6 Å². The van der Waals surface area contributed by atoms with E-state index in [2.05, 4.69) is 4.72 Å². The molecule has 0 aliphatic rings. The zero-order chi connectivity index (χ0) is 8.53. The van der Waals surface area contributed by atoms with Gasteiger partial charge in [0.1, 0.15) is 0 Å². The summed E-state index contributed by atoms with van der Waals surface area (Å²) in [5.41, 5.74) is 0. The second kappa shape index (κ2) is 7.25. The summed E-state index contributed by atoms with van der Waals surface area (Å²) < 4.78 is 20.4. The fourth-order valence-electron chi connectivity index (χ4n) is 0.489. The lowest BCUT2D eigenvalue weighted by Gasteiger charge is -1.89. The van der Waals surface area contributed by atoms with Crippen molar-refractivity contribution in [1.82, 2.24) is 4.72 Å².